The third-order valence-electron chi connectivity index (χ3n) is 3.89. The number of unbranched alkanes of at least 4 members (excludes halogenated alkanes) is 2. The first-order valence-electron chi connectivity index (χ1n) is 7.93. The SMILES string of the molecule is CCCCCNC(=NC)NCCN1CCC(C)CC1. The van der Waals surface area contributed by atoms with E-state index in [2.05, 4.69) is 34.4 Å². The van der Waals surface area contributed by atoms with Crippen molar-refractivity contribution in [2.24, 2.45) is 10.9 Å². The highest BCUT2D eigenvalue weighted by Crippen LogP contribution is 2.14. The van der Waals surface area contributed by atoms with Gasteiger partial charge in [0, 0.05) is 26.7 Å². The second kappa shape index (κ2) is 10.1. The van der Waals surface area contributed by atoms with Gasteiger partial charge in [-0.15, -0.1) is 0 Å². The fourth-order valence-corrected chi connectivity index (χ4v) is 2.42. The first-order valence-corrected chi connectivity index (χ1v) is 7.93. The molecule has 0 unspecified atom stereocenters. The molecule has 0 amide bonds. The summed E-state index contributed by atoms with van der Waals surface area (Å²) in [6.45, 7) is 10.2. The van der Waals surface area contributed by atoms with Gasteiger partial charge in [0.05, 0.1) is 0 Å². The Bertz CT molecular complexity index is 245. The van der Waals surface area contributed by atoms with Crippen molar-refractivity contribution in [3.63, 3.8) is 0 Å². The number of hydrogen-bond donors (Lipinski definition) is 2. The number of piperidine rings is 1. The van der Waals surface area contributed by atoms with Gasteiger partial charge in [-0.3, -0.25) is 4.99 Å². The minimum absolute atomic E-state index is 0.914. The molecule has 0 aromatic rings. The van der Waals surface area contributed by atoms with Crippen molar-refractivity contribution in [3.05, 3.63) is 0 Å². The summed E-state index contributed by atoms with van der Waals surface area (Å²) < 4.78 is 0. The molecule has 0 aromatic carbocycles. The fourth-order valence-electron chi connectivity index (χ4n) is 2.42. The van der Waals surface area contributed by atoms with E-state index in [1.807, 2.05) is 7.05 Å². The monoisotopic (exact) mass is 268 g/mol. The predicted molar refractivity (Wildman–Crippen MR) is 83.7 cm³/mol. The smallest absolute Gasteiger partial charge is 0.191 e. The maximum atomic E-state index is 4.26. The zero-order valence-electron chi connectivity index (χ0n) is 13.0. The van der Waals surface area contributed by atoms with E-state index < -0.39 is 0 Å². The van der Waals surface area contributed by atoms with Crippen LogP contribution < -0.4 is 10.6 Å². The number of likely N-dealkylation sites (tertiary alicyclic amines) is 1. The summed E-state index contributed by atoms with van der Waals surface area (Å²) in [5, 5.41) is 6.77. The minimum Gasteiger partial charge on any atom is -0.356 e. The standard InChI is InChI=1S/C15H32N4/c1-4-5-6-9-17-15(16-3)18-10-13-19-11-7-14(2)8-12-19/h14H,4-13H2,1-3H3,(H2,16,17,18). The average molecular weight is 268 g/mol. The number of aliphatic imine (C=N–C) groups is 1. The third-order valence-corrected chi connectivity index (χ3v) is 3.89. The quantitative estimate of drug-likeness (QED) is 0.422. The predicted octanol–water partition coefficient (Wildman–Crippen LogP) is 2.07. The van der Waals surface area contributed by atoms with Gasteiger partial charge in [0.25, 0.3) is 0 Å². The number of rotatable bonds is 7. The van der Waals surface area contributed by atoms with Crippen LogP contribution in [0.3, 0.4) is 0 Å². The van der Waals surface area contributed by atoms with Crippen LogP contribution in [-0.2, 0) is 0 Å². The van der Waals surface area contributed by atoms with Crippen LogP contribution in [0.25, 0.3) is 0 Å². The van der Waals surface area contributed by atoms with Crippen LogP contribution in [0.2, 0.25) is 0 Å². The Balaban J connectivity index is 2.06. The molecule has 1 heterocycles. The molecule has 0 radical (unpaired) electrons. The summed E-state index contributed by atoms with van der Waals surface area (Å²) in [4.78, 5) is 6.81. The van der Waals surface area contributed by atoms with Crippen LogP contribution in [0.4, 0.5) is 0 Å². The van der Waals surface area contributed by atoms with E-state index in [-0.39, 0.29) is 0 Å². The molecule has 1 rings (SSSR count). The van der Waals surface area contributed by atoms with Crippen LogP contribution in [-0.4, -0.2) is 50.6 Å². The summed E-state index contributed by atoms with van der Waals surface area (Å²) in [5.74, 6) is 1.86. The normalized spacial score (nSPS) is 18.6. The van der Waals surface area contributed by atoms with Crippen molar-refractivity contribution in [2.45, 2.75) is 46.0 Å². The molecule has 0 aliphatic carbocycles. The van der Waals surface area contributed by atoms with Crippen LogP contribution in [0, 0.1) is 5.92 Å². The van der Waals surface area contributed by atoms with Gasteiger partial charge in [-0.05, 0) is 38.3 Å². The lowest BCUT2D eigenvalue weighted by molar-refractivity contribution is 0.195. The van der Waals surface area contributed by atoms with E-state index in [0.717, 1.165) is 31.5 Å². The fraction of sp³-hybridized carbons (Fsp3) is 0.933. The lowest BCUT2D eigenvalue weighted by Crippen LogP contribution is -2.43. The summed E-state index contributed by atoms with van der Waals surface area (Å²) >= 11 is 0. The Morgan fingerprint density at radius 2 is 1.84 bits per heavy atom. The lowest BCUT2D eigenvalue weighted by Gasteiger charge is -2.30. The molecule has 1 saturated heterocycles. The van der Waals surface area contributed by atoms with Crippen LogP contribution >= 0.6 is 0 Å². The molecule has 19 heavy (non-hydrogen) atoms. The zero-order valence-corrected chi connectivity index (χ0v) is 13.0. The second-order valence-electron chi connectivity index (χ2n) is 5.66. The van der Waals surface area contributed by atoms with Crippen molar-refractivity contribution >= 4 is 5.96 Å². The summed E-state index contributed by atoms with van der Waals surface area (Å²) in [5.41, 5.74) is 0. The van der Waals surface area contributed by atoms with E-state index in [1.54, 1.807) is 0 Å². The van der Waals surface area contributed by atoms with Gasteiger partial charge in [-0.2, -0.15) is 0 Å². The minimum atomic E-state index is 0.914. The zero-order chi connectivity index (χ0) is 13.9. The van der Waals surface area contributed by atoms with Gasteiger partial charge in [0.1, 0.15) is 0 Å². The van der Waals surface area contributed by atoms with Crippen LogP contribution in [0.1, 0.15) is 46.0 Å². The molecule has 0 spiro atoms. The molecule has 0 bridgehead atoms. The van der Waals surface area contributed by atoms with E-state index in [4.69, 9.17) is 0 Å². The van der Waals surface area contributed by atoms with Gasteiger partial charge in [-0.25, -0.2) is 0 Å². The molecule has 1 aliphatic rings. The Morgan fingerprint density at radius 1 is 1.16 bits per heavy atom. The molecular weight excluding hydrogens is 236 g/mol. The average Bonchev–Trinajstić information content (AvgIpc) is 2.43. The lowest BCUT2D eigenvalue weighted by atomic mass is 9.99. The van der Waals surface area contributed by atoms with Crippen molar-refractivity contribution in [1.82, 2.24) is 15.5 Å². The van der Waals surface area contributed by atoms with Gasteiger partial charge < -0.3 is 15.5 Å². The molecule has 112 valence electrons. The molecule has 0 atom stereocenters. The highest BCUT2D eigenvalue weighted by molar-refractivity contribution is 5.79. The third kappa shape index (κ3) is 7.41. The number of nitrogens with one attached hydrogen (secondary N) is 2. The second-order valence-corrected chi connectivity index (χ2v) is 5.66. The molecule has 4 nitrogen and oxygen atoms in total. The van der Waals surface area contributed by atoms with Gasteiger partial charge in [0.2, 0.25) is 0 Å². The van der Waals surface area contributed by atoms with Gasteiger partial charge in [0.15, 0.2) is 5.96 Å². The summed E-state index contributed by atoms with van der Waals surface area (Å²) in [6.07, 6.45) is 6.48. The first-order chi connectivity index (χ1) is 9.26. The van der Waals surface area contributed by atoms with Crippen molar-refractivity contribution in [3.8, 4) is 0 Å². The first kappa shape index (κ1) is 16.3. The summed E-state index contributed by atoms with van der Waals surface area (Å²) in [7, 11) is 1.84. The molecular formula is C15H32N4. The Morgan fingerprint density at radius 3 is 2.47 bits per heavy atom. The largest absolute Gasteiger partial charge is 0.356 e. The molecule has 1 aliphatic heterocycles. The maximum absolute atomic E-state index is 4.26. The van der Waals surface area contributed by atoms with Crippen molar-refractivity contribution < 1.29 is 0 Å². The van der Waals surface area contributed by atoms with Crippen molar-refractivity contribution in [1.29, 1.82) is 0 Å². The molecule has 0 saturated carbocycles. The van der Waals surface area contributed by atoms with Gasteiger partial charge >= 0.3 is 0 Å². The van der Waals surface area contributed by atoms with E-state index >= 15 is 0 Å². The molecule has 1 fully saturated rings. The van der Waals surface area contributed by atoms with E-state index in [1.165, 1.54) is 45.2 Å². The highest BCUT2D eigenvalue weighted by Gasteiger charge is 2.14. The van der Waals surface area contributed by atoms with E-state index in [0.29, 0.717) is 0 Å². The summed E-state index contributed by atoms with van der Waals surface area (Å²) in [6, 6.07) is 0. The van der Waals surface area contributed by atoms with Crippen molar-refractivity contribution in [2.75, 3.05) is 39.8 Å². The van der Waals surface area contributed by atoms with Gasteiger partial charge in [-0.1, -0.05) is 26.7 Å². The Hall–Kier alpha value is -0.770. The van der Waals surface area contributed by atoms with Crippen LogP contribution in [0.5, 0.6) is 0 Å². The molecule has 0 aromatic heterocycles. The Kier molecular flexibility index (Phi) is 8.63. The topological polar surface area (TPSA) is 39.7 Å². The number of nitrogens with zero attached hydrogens (tertiary/aromatic N) is 2. The maximum Gasteiger partial charge on any atom is 0.191 e. The number of guanidine groups is 1. The van der Waals surface area contributed by atoms with Crippen LogP contribution in [0.15, 0.2) is 4.99 Å². The Labute approximate surface area is 119 Å². The highest BCUT2D eigenvalue weighted by atomic mass is 15.2. The van der Waals surface area contributed by atoms with E-state index in [9.17, 15) is 0 Å². The number of hydrogen-bond acceptors (Lipinski definition) is 2. The molecule has 4 heteroatoms. The molecule has 2 N–H and O–H groups in total.